The fourth-order valence-corrected chi connectivity index (χ4v) is 3.79. The fourth-order valence-electron chi connectivity index (χ4n) is 3.79. The monoisotopic (exact) mass is 357 g/mol. The van der Waals surface area contributed by atoms with Crippen molar-refractivity contribution >= 4 is 12.0 Å². The third kappa shape index (κ3) is 5.60. The average molecular weight is 357 g/mol. The number of para-hydroxylation sites is 1. The van der Waals surface area contributed by atoms with Crippen molar-refractivity contribution in [2.24, 2.45) is 0 Å². The summed E-state index contributed by atoms with van der Waals surface area (Å²) in [4.78, 5) is 14.3. The van der Waals surface area contributed by atoms with Crippen LogP contribution in [0, 0.1) is 0 Å². The van der Waals surface area contributed by atoms with E-state index in [9.17, 15) is 4.79 Å². The van der Waals surface area contributed by atoms with Gasteiger partial charge in [-0.2, -0.15) is 0 Å². The van der Waals surface area contributed by atoms with Crippen molar-refractivity contribution in [2.75, 3.05) is 13.1 Å². The van der Waals surface area contributed by atoms with E-state index < -0.39 is 0 Å². The molecule has 1 atom stereocenters. The minimum atomic E-state index is -0.287. The van der Waals surface area contributed by atoms with Crippen LogP contribution in [0.4, 0.5) is 0 Å². The molecule has 0 bridgehead atoms. The third-order valence-electron chi connectivity index (χ3n) is 5.22. The summed E-state index contributed by atoms with van der Waals surface area (Å²) in [5.41, 5.74) is 0.914. The SMILES string of the molecule is CC(Oc1ccccc1C=CC(=O)N1CCCCC1)OC1CCCCC1. The number of amides is 1. The van der Waals surface area contributed by atoms with Gasteiger partial charge in [0.15, 0.2) is 6.29 Å². The van der Waals surface area contributed by atoms with Gasteiger partial charge in [-0.1, -0.05) is 37.5 Å². The predicted octanol–water partition coefficient (Wildman–Crippen LogP) is 4.79. The molecule has 1 aromatic carbocycles. The molecule has 0 N–H and O–H groups in total. The lowest BCUT2D eigenvalue weighted by Gasteiger charge is -2.26. The first kappa shape index (κ1) is 19.0. The topological polar surface area (TPSA) is 38.8 Å². The summed E-state index contributed by atoms with van der Waals surface area (Å²) >= 11 is 0. The Labute approximate surface area is 157 Å². The molecular formula is C22H31NO3. The molecule has 2 aliphatic rings. The van der Waals surface area contributed by atoms with Crippen molar-refractivity contribution in [3.05, 3.63) is 35.9 Å². The second kappa shape index (κ2) is 9.77. The van der Waals surface area contributed by atoms with E-state index in [2.05, 4.69) is 0 Å². The van der Waals surface area contributed by atoms with Crippen molar-refractivity contribution < 1.29 is 14.3 Å². The summed E-state index contributed by atoms with van der Waals surface area (Å²) in [6, 6.07) is 7.82. The van der Waals surface area contributed by atoms with Crippen molar-refractivity contribution in [3.63, 3.8) is 0 Å². The first-order chi connectivity index (χ1) is 12.7. The third-order valence-corrected chi connectivity index (χ3v) is 5.22. The number of ether oxygens (including phenoxy) is 2. The van der Waals surface area contributed by atoms with Crippen LogP contribution >= 0.6 is 0 Å². The lowest BCUT2D eigenvalue weighted by atomic mass is 9.98. The summed E-state index contributed by atoms with van der Waals surface area (Å²) in [6.07, 6.45) is 13.0. The van der Waals surface area contributed by atoms with Crippen molar-refractivity contribution in [1.29, 1.82) is 0 Å². The molecule has 26 heavy (non-hydrogen) atoms. The van der Waals surface area contributed by atoms with E-state index in [1.54, 1.807) is 6.08 Å². The maximum Gasteiger partial charge on any atom is 0.246 e. The molecule has 1 saturated heterocycles. The largest absolute Gasteiger partial charge is 0.465 e. The molecular weight excluding hydrogens is 326 g/mol. The molecule has 142 valence electrons. The van der Waals surface area contributed by atoms with Gasteiger partial charge in [-0.3, -0.25) is 4.79 Å². The molecule has 0 spiro atoms. The Bertz CT molecular complexity index is 601. The molecule has 0 radical (unpaired) electrons. The number of benzene rings is 1. The van der Waals surface area contributed by atoms with Gasteiger partial charge in [0.1, 0.15) is 5.75 Å². The molecule has 1 saturated carbocycles. The molecule has 4 nitrogen and oxygen atoms in total. The van der Waals surface area contributed by atoms with E-state index in [1.807, 2.05) is 42.2 Å². The zero-order valence-corrected chi connectivity index (χ0v) is 15.9. The van der Waals surface area contributed by atoms with Crippen LogP contribution in [0.2, 0.25) is 0 Å². The van der Waals surface area contributed by atoms with Crippen LogP contribution in [-0.4, -0.2) is 36.3 Å². The maximum atomic E-state index is 12.3. The number of piperidine rings is 1. The number of likely N-dealkylation sites (tertiary alicyclic amines) is 1. The Kier molecular flexibility index (Phi) is 7.13. The molecule has 1 aliphatic carbocycles. The fraction of sp³-hybridized carbons (Fsp3) is 0.591. The highest BCUT2D eigenvalue weighted by atomic mass is 16.7. The predicted molar refractivity (Wildman–Crippen MR) is 104 cm³/mol. The molecule has 0 aromatic heterocycles. The standard InChI is InChI=1S/C22H31NO3/c1-18(25-20-11-4-2-5-12-20)26-21-13-7-6-10-19(21)14-15-22(24)23-16-8-3-9-17-23/h6-7,10,13-15,18,20H,2-5,8-9,11-12,16-17H2,1H3. The van der Waals surface area contributed by atoms with Gasteiger partial charge in [0, 0.05) is 24.7 Å². The van der Waals surface area contributed by atoms with Gasteiger partial charge < -0.3 is 14.4 Å². The molecule has 1 unspecified atom stereocenters. The van der Waals surface area contributed by atoms with Gasteiger partial charge >= 0.3 is 0 Å². The Hall–Kier alpha value is -1.81. The molecule has 4 heteroatoms. The van der Waals surface area contributed by atoms with Gasteiger partial charge in [-0.05, 0) is 51.2 Å². The molecule has 3 rings (SSSR count). The molecule has 1 aromatic rings. The number of rotatable bonds is 6. The zero-order chi connectivity index (χ0) is 18.2. The van der Waals surface area contributed by atoms with Crippen LogP contribution in [0.3, 0.4) is 0 Å². The summed E-state index contributed by atoms with van der Waals surface area (Å²) in [7, 11) is 0. The zero-order valence-electron chi connectivity index (χ0n) is 15.9. The first-order valence-corrected chi connectivity index (χ1v) is 10.1. The Morgan fingerprint density at radius 2 is 1.77 bits per heavy atom. The number of carbonyl (C=O) groups is 1. The van der Waals surface area contributed by atoms with Gasteiger partial charge in [0.05, 0.1) is 6.10 Å². The molecule has 1 heterocycles. The van der Waals surface area contributed by atoms with E-state index in [-0.39, 0.29) is 12.2 Å². The van der Waals surface area contributed by atoms with E-state index in [1.165, 1.54) is 25.7 Å². The first-order valence-electron chi connectivity index (χ1n) is 10.1. The van der Waals surface area contributed by atoms with Crippen LogP contribution < -0.4 is 4.74 Å². The number of hydrogen-bond acceptors (Lipinski definition) is 3. The van der Waals surface area contributed by atoms with Crippen LogP contribution in [-0.2, 0) is 9.53 Å². The number of carbonyl (C=O) groups excluding carboxylic acids is 1. The van der Waals surface area contributed by atoms with Crippen LogP contribution in [0.15, 0.2) is 30.3 Å². The Morgan fingerprint density at radius 1 is 1.08 bits per heavy atom. The number of hydrogen-bond donors (Lipinski definition) is 0. The minimum Gasteiger partial charge on any atom is -0.465 e. The van der Waals surface area contributed by atoms with E-state index in [0.29, 0.717) is 6.10 Å². The minimum absolute atomic E-state index is 0.0889. The lowest BCUT2D eigenvalue weighted by molar-refractivity contribution is -0.126. The van der Waals surface area contributed by atoms with Gasteiger partial charge in [0.25, 0.3) is 0 Å². The summed E-state index contributed by atoms with van der Waals surface area (Å²) in [5.74, 6) is 0.851. The van der Waals surface area contributed by atoms with Crippen molar-refractivity contribution in [3.8, 4) is 5.75 Å². The van der Waals surface area contributed by atoms with Crippen LogP contribution in [0.25, 0.3) is 6.08 Å². The highest BCUT2D eigenvalue weighted by Crippen LogP contribution is 2.25. The Morgan fingerprint density at radius 3 is 2.54 bits per heavy atom. The highest BCUT2D eigenvalue weighted by molar-refractivity contribution is 5.92. The van der Waals surface area contributed by atoms with Gasteiger partial charge in [0.2, 0.25) is 5.91 Å². The summed E-state index contributed by atoms with van der Waals surface area (Å²) in [6.45, 7) is 3.69. The Balaban J connectivity index is 1.58. The van der Waals surface area contributed by atoms with Gasteiger partial charge in [-0.25, -0.2) is 0 Å². The second-order valence-electron chi connectivity index (χ2n) is 7.34. The maximum absolute atomic E-state index is 12.3. The van der Waals surface area contributed by atoms with E-state index >= 15 is 0 Å². The smallest absolute Gasteiger partial charge is 0.246 e. The van der Waals surface area contributed by atoms with Crippen molar-refractivity contribution in [2.45, 2.75) is 70.7 Å². The van der Waals surface area contributed by atoms with E-state index in [0.717, 1.165) is 50.1 Å². The van der Waals surface area contributed by atoms with E-state index in [4.69, 9.17) is 9.47 Å². The molecule has 2 fully saturated rings. The quantitative estimate of drug-likeness (QED) is 0.543. The molecule has 1 amide bonds. The second-order valence-corrected chi connectivity index (χ2v) is 7.34. The van der Waals surface area contributed by atoms with Gasteiger partial charge in [-0.15, -0.1) is 0 Å². The lowest BCUT2D eigenvalue weighted by Crippen LogP contribution is -2.34. The summed E-state index contributed by atoms with van der Waals surface area (Å²) in [5, 5.41) is 0. The highest BCUT2D eigenvalue weighted by Gasteiger charge is 2.18. The number of nitrogens with zero attached hydrogens (tertiary/aromatic N) is 1. The van der Waals surface area contributed by atoms with Crippen LogP contribution in [0.1, 0.15) is 63.9 Å². The average Bonchev–Trinajstić information content (AvgIpc) is 2.68. The van der Waals surface area contributed by atoms with Crippen molar-refractivity contribution in [1.82, 2.24) is 4.90 Å². The molecule has 1 aliphatic heterocycles. The normalized spacial score (nSPS) is 20.3. The van der Waals surface area contributed by atoms with Crippen LogP contribution in [0.5, 0.6) is 5.75 Å². The summed E-state index contributed by atoms with van der Waals surface area (Å²) < 4.78 is 12.1.